The van der Waals surface area contributed by atoms with Gasteiger partial charge in [-0.1, -0.05) is 26.0 Å². The Bertz CT molecular complexity index is 477. The predicted molar refractivity (Wildman–Crippen MR) is 70.1 cm³/mol. The van der Waals surface area contributed by atoms with Gasteiger partial charge in [0.1, 0.15) is 0 Å². The summed E-state index contributed by atoms with van der Waals surface area (Å²) in [6, 6.07) is 7.87. The van der Waals surface area contributed by atoms with Crippen molar-refractivity contribution in [2.45, 2.75) is 27.7 Å². The van der Waals surface area contributed by atoms with E-state index in [1.165, 1.54) is 5.01 Å². The van der Waals surface area contributed by atoms with Gasteiger partial charge in [-0.3, -0.25) is 4.79 Å². The Morgan fingerprint density at radius 1 is 1.29 bits per heavy atom. The lowest BCUT2D eigenvalue weighted by atomic mass is 9.92. The zero-order valence-electron chi connectivity index (χ0n) is 10.8. The molecule has 0 bridgehead atoms. The quantitative estimate of drug-likeness (QED) is 0.768. The van der Waals surface area contributed by atoms with Crippen LogP contribution in [0.25, 0.3) is 0 Å². The average Bonchev–Trinajstić information content (AvgIpc) is 2.54. The molecule has 3 heteroatoms. The summed E-state index contributed by atoms with van der Waals surface area (Å²) in [7, 11) is 0. The zero-order valence-corrected chi connectivity index (χ0v) is 10.8. The third-order valence-electron chi connectivity index (χ3n) is 3.10. The van der Waals surface area contributed by atoms with Gasteiger partial charge in [0.05, 0.1) is 11.6 Å². The maximum Gasteiger partial charge on any atom is 0.256 e. The normalized spacial score (nSPS) is 20.1. The standard InChI is InChI=1S/C14H18N2O/c1-9(2)13-11(4)15-16(14(13)17)12-7-5-6-10(3)8-12/h5-9,13H,1-4H3. The van der Waals surface area contributed by atoms with E-state index in [-0.39, 0.29) is 11.8 Å². The van der Waals surface area contributed by atoms with E-state index in [1.54, 1.807) is 0 Å². The molecule has 1 atom stereocenters. The largest absolute Gasteiger partial charge is 0.272 e. The molecule has 0 aromatic heterocycles. The van der Waals surface area contributed by atoms with Crippen LogP contribution in [-0.2, 0) is 4.79 Å². The molecule has 0 saturated carbocycles. The first-order valence-corrected chi connectivity index (χ1v) is 5.96. The molecule has 0 N–H and O–H groups in total. The van der Waals surface area contributed by atoms with Gasteiger partial charge in [-0.05, 0) is 37.5 Å². The Kier molecular flexibility index (Phi) is 3.01. The SMILES string of the molecule is CC1=NN(c2cccc(C)c2)C(=O)C1C(C)C. The van der Waals surface area contributed by atoms with E-state index in [2.05, 4.69) is 18.9 Å². The van der Waals surface area contributed by atoms with Crippen LogP contribution >= 0.6 is 0 Å². The first-order valence-electron chi connectivity index (χ1n) is 5.96. The van der Waals surface area contributed by atoms with Crippen LogP contribution in [-0.4, -0.2) is 11.6 Å². The summed E-state index contributed by atoms with van der Waals surface area (Å²) in [6.45, 7) is 8.06. The fourth-order valence-corrected chi connectivity index (χ4v) is 2.29. The highest BCUT2D eigenvalue weighted by atomic mass is 16.2. The van der Waals surface area contributed by atoms with E-state index < -0.39 is 0 Å². The Morgan fingerprint density at radius 2 is 2.00 bits per heavy atom. The van der Waals surface area contributed by atoms with Crippen molar-refractivity contribution >= 4 is 17.3 Å². The van der Waals surface area contributed by atoms with Gasteiger partial charge in [0.25, 0.3) is 5.91 Å². The van der Waals surface area contributed by atoms with Crippen molar-refractivity contribution in [3.63, 3.8) is 0 Å². The van der Waals surface area contributed by atoms with Crippen molar-refractivity contribution in [1.82, 2.24) is 0 Å². The molecule has 0 spiro atoms. The van der Waals surface area contributed by atoms with Crippen molar-refractivity contribution < 1.29 is 4.79 Å². The Morgan fingerprint density at radius 3 is 2.53 bits per heavy atom. The smallest absolute Gasteiger partial charge is 0.256 e. The second kappa shape index (κ2) is 4.32. The lowest BCUT2D eigenvalue weighted by Gasteiger charge is -2.16. The van der Waals surface area contributed by atoms with E-state index in [4.69, 9.17) is 0 Å². The van der Waals surface area contributed by atoms with E-state index in [0.717, 1.165) is 17.0 Å². The number of aryl methyl sites for hydroxylation is 1. The number of anilines is 1. The van der Waals surface area contributed by atoms with E-state index in [9.17, 15) is 4.79 Å². The van der Waals surface area contributed by atoms with Crippen LogP contribution in [0.15, 0.2) is 29.4 Å². The molecule has 17 heavy (non-hydrogen) atoms. The summed E-state index contributed by atoms with van der Waals surface area (Å²) in [6.07, 6.45) is 0. The summed E-state index contributed by atoms with van der Waals surface area (Å²) >= 11 is 0. The van der Waals surface area contributed by atoms with Gasteiger partial charge in [-0.25, -0.2) is 5.01 Å². The number of nitrogens with zero attached hydrogens (tertiary/aromatic N) is 2. The minimum Gasteiger partial charge on any atom is -0.272 e. The minimum atomic E-state index is -0.0736. The molecule has 1 aliphatic rings. The fourth-order valence-electron chi connectivity index (χ4n) is 2.29. The monoisotopic (exact) mass is 230 g/mol. The maximum absolute atomic E-state index is 12.3. The molecular weight excluding hydrogens is 212 g/mol. The van der Waals surface area contributed by atoms with E-state index >= 15 is 0 Å². The number of hydrogen-bond acceptors (Lipinski definition) is 2. The Hall–Kier alpha value is -1.64. The molecule has 1 unspecified atom stereocenters. The molecule has 90 valence electrons. The highest BCUT2D eigenvalue weighted by molar-refractivity contribution is 6.14. The molecule has 1 heterocycles. The van der Waals surface area contributed by atoms with Gasteiger partial charge in [-0.15, -0.1) is 0 Å². The van der Waals surface area contributed by atoms with Crippen LogP contribution in [0.3, 0.4) is 0 Å². The number of carbonyl (C=O) groups is 1. The topological polar surface area (TPSA) is 32.7 Å². The molecule has 0 radical (unpaired) electrons. The zero-order chi connectivity index (χ0) is 12.6. The molecule has 0 saturated heterocycles. The van der Waals surface area contributed by atoms with Gasteiger partial charge < -0.3 is 0 Å². The second-order valence-electron chi connectivity index (χ2n) is 4.95. The maximum atomic E-state index is 12.3. The number of carbonyl (C=O) groups excluding carboxylic acids is 1. The first-order chi connectivity index (χ1) is 8.00. The minimum absolute atomic E-state index is 0.0736. The number of benzene rings is 1. The van der Waals surface area contributed by atoms with Gasteiger partial charge >= 0.3 is 0 Å². The van der Waals surface area contributed by atoms with Crippen molar-refractivity contribution in [2.24, 2.45) is 16.9 Å². The van der Waals surface area contributed by atoms with E-state index in [1.807, 2.05) is 38.1 Å². The second-order valence-corrected chi connectivity index (χ2v) is 4.95. The summed E-state index contributed by atoms with van der Waals surface area (Å²) in [5.41, 5.74) is 2.90. The fraction of sp³-hybridized carbons (Fsp3) is 0.429. The number of rotatable bonds is 2. The average molecular weight is 230 g/mol. The summed E-state index contributed by atoms with van der Waals surface area (Å²) < 4.78 is 0. The molecule has 1 amide bonds. The Balaban J connectivity index is 2.34. The highest BCUT2D eigenvalue weighted by Gasteiger charge is 2.36. The van der Waals surface area contributed by atoms with Gasteiger partial charge in [0.2, 0.25) is 0 Å². The van der Waals surface area contributed by atoms with Crippen LogP contribution in [0.1, 0.15) is 26.3 Å². The van der Waals surface area contributed by atoms with Gasteiger partial charge in [0, 0.05) is 5.71 Å². The summed E-state index contributed by atoms with van der Waals surface area (Å²) in [5, 5.41) is 5.92. The summed E-state index contributed by atoms with van der Waals surface area (Å²) in [4.78, 5) is 12.3. The number of hydrazone groups is 1. The van der Waals surface area contributed by atoms with Crippen LogP contribution in [0.2, 0.25) is 0 Å². The molecule has 1 aromatic carbocycles. The molecule has 2 rings (SSSR count). The molecular formula is C14H18N2O. The van der Waals surface area contributed by atoms with Crippen molar-refractivity contribution in [3.8, 4) is 0 Å². The van der Waals surface area contributed by atoms with Crippen molar-refractivity contribution in [3.05, 3.63) is 29.8 Å². The van der Waals surface area contributed by atoms with Crippen LogP contribution < -0.4 is 5.01 Å². The Labute approximate surface area is 102 Å². The number of amides is 1. The highest BCUT2D eigenvalue weighted by Crippen LogP contribution is 2.28. The molecule has 0 fully saturated rings. The van der Waals surface area contributed by atoms with E-state index in [0.29, 0.717) is 5.92 Å². The predicted octanol–water partition coefficient (Wildman–Crippen LogP) is 2.99. The molecule has 0 aliphatic carbocycles. The lowest BCUT2D eigenvalue weighted by Crippen LogP contribution is -2.30. The van der Waals surface area contributed by atoms with Crippen molar-refractivity contribution in [2.75, 3.05) is 5.01 Å². The molecule has 1 aromatic rings. The van der Waals surface area contributed by atoms with Gasteiger partial charge in [0.15, 0.2) is 0 Å². The van der Waals surface area contributed by atoms with Crippen molar-refractivity contribution in [1.29, 1.82) is 0 Å². The first kappa shape index (κ1) is 11.8. The van der Waals surface area contributed by atoms with Gasteiger partial charge in [-0.2, -0.15) is 5.10 Å². The lowest BCUT2D eigenvalue weighted by molar-refractivity contribution is -0.120. The van der Waals surface area contributed by atoms with Crippen LogP contribution in [0.4, 0.5) is 5.69 Å². The van der Waals surface area contributed by atoms with Crippen LogP contribution in [0, 0.1) is 18.8 Å². The molecule has 3 nitrogen and oxygen atoms in total. The number of hydrogen-bond donors (Lipinski definition) is 0. The van der Waals surface area contributed by atoms with Crippen LogP contribution in [0.5, 0.6) is 0 Å². The molecule has 1 aliphatic heterocycles. The third-order valence-corrected chi connectivity index (χ3v) is 3.10. The third kappa shape index (κ3) is 2.09. The summed E-state index contributed by atoms with van der Waals surface area (Å²) in [5.74, 6) is 0.305.